The van der Waals surface area contributed by atoms with E-state index in [-0.39, 0.29) is 11.9 Å². The summed E-state index contributed by atoms with van der Waals surface area (Å²) in [5.74, 6) is 0.758. The predicted octanol–water partition coefficient (Wildman–Crippen LogP) is 2.04. The summed E-state index contributed by atoms with van der Waals surface area (Å²) in [6.07, 6.45) is 2.01. The zero-order chi connectivity index (χ0) is 13.1. The normalized spacial score (nSPS) is 19.8. The van der Waals surface area contributed by atoms with Crippen molar-refractivity contribution in [3.8, 4) is 5.75 Å². The van der Waals surface area contributed by atoms with Crippen molar-refractivity contribution in [3.05, 3.63) is 23.8 Å². The van der Waals surface area contributed by atoms with Gasteiger partial charge in [0.1, 0.15) is 5.75 Å². The number of nitrogens with zero attached hydrogens (tertiary/aromatic N) is 1. The molecule has 1 amide bonds. The Kier molecular flexibility index (Phi) is 3.87. The quantitative estimate of drug-likeness (QED) is 0.890. The average Bonchev–Trinajstić information content (AvgIpc) is 2.76. The number of carbonyl (C=O) groups excluding carboxylic acids is 1. The number of amides is 1. The second-order valence-corrected chi connectivity index (χ2v) is 4.83. The molecule has 1 heterocycles. The number of anilines is 1. The Morgan fingerprint density at radius 1 is 1.50 bits per heavy atom. The van der Waals surface area contributed by atoms with Crippen molar-refractivity contribution in [2.75, 3.05) is 26.0 Å². The van der Waals surface area contributed by atoms with Crippen LogP contribution in [0.15, 0.2) is 18.2 Å². The van der Waals surface area contributed by atoms with E-state index in [1.807, 2.05) is 32.2 Å². The van der Waals surface area contributed by atoms with Gasteiger partial charge in [0, 0.05) is 0 Å². The SMILES string of the molecule is COc1ccc(C)cc1NC(=O)C1CCCN1C. The molecule has 0 aromatic heterocycles. The van der Waals surface area contributed by atoms with Crippen molar-refractivity contribution >= 4 is 11.6 Å². The van der Waals surface area contributed by atoms with Gasteiger partial charge in [0.05, 0.1) is 18.8 Å². The first-order valence-electron chi connectivity index (χ1n) is 6.27. The highest BCUT2D eigenvalue weighted by atomic mass is 16.5. The minimum Gasteiger partial charge on any atom is -0.495 e. The molecule has 1 saturated heterocycles. The fourth-order valence-corrected chi connectivity index (χ4v) is 2.38. The van der Waals surface area contributed by atoms with Gasteiger partial charge in [-0.1, -0.05) is 6.07 Å². The van der Waals surface area contributed by atoms with E-state index in [0.717, 1.165) is 30.6 Å². The molecule has 1 aromatic rings. The first-order chi connectivity index (χ1) is 8.61. The third-order valence-electron chi connectivity index (χ3n) is 3.44. The molecule has 0 radical (unpaired) electrons. The first kappa shape index (κ1) is 12.9. The van der Waals surface area contributed by atoms with E-state index < -0.39 is 0 Å². The summed E-state index contributed by atoms with van der Waals surface area (Å²) in [5, 5.41) is 2.97. The largest absolute Gasteiger partial charge is 0.495 e. The van der Waals surface area contributed by atoms with E-state index in [1.54, 1.807) is 7.11 Å². The predicted molar refractivity (Wildman–Crippen MR) is 72.0 cm³/mol. The van der Waals surface area contributed by atoms with Crippen LogP contribution in [0, 0.1) is 6.92 Å². The number of rotatable bonds is 3. The van der Waals surface area contributed by atoms with Crippen LogP contribution >= 0.6 is 0 Å². The zero-order valence-electron chi connectivity index (χ0n) is 11.2. The fraction of sp³-hybridized carbons (Fsp3) is 0.500. The number of benzene rings is 1. The van der Waals surface area contributed by atoms with Crippen molar-refractivity contribution in [1.82, 2.24) is 4.90 Å². The molecule has 1 atom stereocenters. The van der Waals surface area contributed by atoms with Crippen LogP contribution in [-0.2, 0) is 4.79 Å². The van der Waals surface area contributed by atoms with Gasteiger partial charge in [-0.2, -0.15) is 0 Å². The third-order valence-corrected chi connectivity index (χ3v) is 3.44. The van der Waals surface area contributed by atoms with Gasteiger partial charge >= 0.3 is 0 Å². The molecular weight excluding hydrogens is 228 g/mol. The summed E-state index contributed by atoms with van der Waals surface area (Å²) >= 11 is 0. The van der Waals surface area contributed by atoms with Crippen LogP contribution < -0.4 is 10.1 Å². The number of methoxy groups -OCH3 is 1. The van der Waals surface area contributed by atoms with E-state index in [1.165, 1.54) is 0 Å². The smallest absolute Gasteiger partial charge is 0.241 e. The summed E-state index contributed by atoms with van der Waals surface area (Å²) in [6, 6.07) is 5.76. The van der Waals surface area contributed by atoms with Gasteiger partial charge < -0.3 is 10.1 Å². The zero-order valence-corrected chi connectivity index (χ0v) is 11.2. The van der Waals surface area contributed by atoms with E-state index in [0.29, 0.717) is 5.75 Å². The average molecular weight is 248 g/mol. The summed E-state index contributed by atoms with van der Waals surface area (Å²) in [7, 11) is 3.60. The molecule has 0 spiro atoms. The lowest BCUT2D eigenvalue weighted by Crippen LogP contribution is -2.37. The molecule has 0 saturated carbocycles. The standard InChI is InChI=1S/C14H20N2O2/c1-10-6-7-13(18-3)11(9-10)15-14(17)12-5-4-8-16(12)2/h6-7,9,12H,4-5,8H2,1-3H3,(H,15,17). The molecule has 98 valence electrons. The van der Waals surface area contributed by atoms with Gasteiger partial charge in [-0.3, -0.25) is 9.69 Å². The molecule has 0 bridgehead atoms. The Labute approximate surface area is 108 Å². The monoisotopic (exact) mass is 248 g/mol. The van der Waals surface area contributed by atoms with Gasteiger partial charge in [-0.25, -0.2) is 0 Å². The van der Waals surface area contributed by atoms with Crippen LogP contribution in [0.1, 0.15) is 18.4 Å². The number of hydrogen-bond donors (Lipinski definition) is 1. The molecule has 18 heavy (non-hydrogen) atoms. The number of aryl methyl sites for hydroxylation is 1. The van der Waals surface area contributed by atoms with Crippen LogP contribution in [0.5, 0.6) is 5.75 Å². The van der Waals surface area contributed by atoms with Crippen molar-refractivity contribution in [2.24, 2.45) is 0 Å². The Morgan fingerprint density at radius 2 is 2.28 bits per heavy atom. The topological polar surface area (TPSA) is 41.6 Å². The van der Waals surface area contributed by atoms with Crippen LogP contribution in [0.4, 0.5) is 5.69 Å². The number of ether oxygens (including phenoxy) is 1. The number of likely N-dealkylation sites (tertiary alicyclic amines) is 1. The maximum absolute atomic E-state index is 12.2. The van der Waals surface area contributed by atoms with E-state index in [9.17, 15) is 4.79 Å². The van der Waals surface area contributed by atoms with Crippen LogP contribution in [0.3, 0.4) is 0 Å². The molecule has 2 rings (SSSR count). The number of nitrogens with one attached hydrogen (secondary N) is 1. The highest BCUT2D eigenvalue weighted by Crippen LogP contribution is 2.26. The molecular formula is C14H20N2O2. The molecule has 1 aliphatic rings. The lowest BCUT2D eigenvalue weighted by molar-refractivity contribution is -0.119. The highest BCUT2D eigenvalue weighted by Gasteiger charge is 2.28. The van der Waals surface area contributed by atoms with E-state index in [2.05, 4.69) is 10.2 Å². The van der Waals surface area contributed by atoms with Crippen LogP contribution in [0.25, 0.3) is 0 Å². The molecule has 1 unspecified atom stereocenters. The molecule has 1 N–H and O–H groups in total. The lowest BCUT2D eigenvalue weighted by Gasteiger charge is -2.19. The molecule has 1 aliphatic heterocycles. The minimum atomic E-state index is -0.0183. The molecule has 0 aliphatic carbocycles. The minimum absolute atomic E-state index is 0.0183. The highest BCUT2D eigenvalue weighted by molar-refractivity contribution is 5.96. The molecule has 4 heteroatoms. The van der Waals surface area contributed by atoms with E-state index >= 15 is 0 Å². The maximum atomic E-state index is 12.2. The van der Waals surface area contributed by atoms with Gasteiger partial charge in [0.25, 0.3) is 0 Å². The maximum Gasteiger partial charge on any atom is 0.241 e. The van der Waals surface area contributed by atoms with Crippen molar-refractivity contribution < 1.29 is 9.53 Å². The van der Waals surface area contributed by atoms with Crippen molar-refractivity contribution in [1.29, 1.82) is 0 Å². The van der Waals surface area contributed by atoms with Gasteiger partial charge in [-0.15, -0.1) is 0 Å². The van der Waals surface area contributed by atoms with Gasteiger partial charge in [0.2, 0.25) is 5.91 Å². The third kappa shape index (κ3) is 2.64. The molecule has 1 aromatic carbocycles. The number of hydrogen-bond acceptors (Lipinski definition) is 3. The summed E-state index contributed by atoms with van der Waals surface area (Å²) < 4.78 is 5.26. The second-order valence-electron chi connectivity index (χ2n) is 4.83. The molecule has 1 fully saturated rings. The Balaban J connectivity index is 2.13. The molecule has 4 nitrogen and oxygen atoms in total. The van der Waals surface area contributed by atoms with Crippen LogP contribution in [-0.4, -0.2) is 37.6 Å². The Hall–Kier alpha value is -1.55. The van der Waals surface area contributed by atoms with Gasteiger partial charge in [0.15, 0.2) is 0 Å². The lowest BCUT2D eigenvalue weighted by atomic mass is 10.1. The Morgan fingerprint density at radius 3 is 2.89 bits per heavy atom. The summed E-state index contributed by atoms with van der Waals surface area (Å²) in [6.45, 7) is 2.99. The summed E-state index contributed by atoms with van der Waals surface area (Å²) in [5.41, 5.74) is 1.86. The van der Waals surface area contributed by atoms with Gasteiger partial charge in [-0.05, 0) is 51.1 Å². The summed E-state index contributed by atoms with van der Waals surface area (Å²) in [4.78, 5) is 14.3. The first-order valence-corrected chi connectivity index (χ1v) is 6.27. The second kappa shape index (κ2) is 5.40. The fourth-order valence-electron chi connectivity index (χ4n) is 2.38. The number of likely N-dealkylation sites (N-methyl/N-ethyl adjacent to an activating group) is 1. The van der Waals surface area contributed by atoms with Crippen molar-refractivity contribution in [3.63, 3.8) is 0 Å². The number of carbonyl (C=O) groups is 1. The van der Waals surface area contributed by atoms with Crippen molar-refractivity contribution in [2.45, 2.75) is 25.8 Å². The van der Waals surface area contributed by atoms with E-state index in [4.69, 9.17) is 4.74 Å². The Bertz CT molecular complexity index is 445. The van der Waals surface area contributed by atoms with Crippen LogP contribution in [0.2, 0.25) is 0 Å².